The van der Waals surface area contributed by atoms with Gasteiger partial charge in [-0.05, 0) is 42.8 Å². The van der Waals surface area contributed by atoms with Crippen LogP contribution in [0, 0.1) is 0 Å². The first-order valence-electron chi connectivity index (χ1n) is 10.8. The lowest BCUT2D eigenvalue weighted by molar-refractivity contribution is 0.102. The van der Waals surface area contributed by atoms with Crippen molar-refractivity contribution in [2.75, 3.05) is 11.9 Å². The van der Waals surface area contributed by atoms with E-state index in [1.54, 1.807) is 18.2 Å². The smallest absolute Gasteiger partial charge is 0.256 e. The van der Waals surface area contributed by atoms with E-state index in [4.69, 9.17) is 4.98 Å². The topological polar surface area (TPSA) is 88.2 Å². The quantitative estimate of drug-likeness (QED) is 0.309. The first-order valence-corrected chi connectivity index (χ1v) is 12.3. The van der Waals surface area contributed by atoms with Crippen molar-refractivity contribution < 1.29 is 13.2 Å². The van der Waals surface area contributed by atoms with Gasteiger partial charge in [-0.3, -0.25) is 4.79 Å². The normalized spacial score (nSPS) is 11.1. The van der Waals surface area contributed by atoms with Crippen molar-refractivity contribution in [2.45, 2.75) is 24.7 Å². The molecule has 2 N–H and O–H groups in total. The summed E-state index contributed by atoms with van der Waals surface area (Å²) in [6.45, 7) is 2.40. The third kappa shape index (κ3) is 5.80. The number of halogens is 1. The molecule has 176 valence electrons. The highest BCUT2D eigenvalue weighted by Crippen LogP contribution is 2.26. The van der Waals surface area contributed by atoms with E-state index in [0.717, 1.165) is 29.3 Å². The lowest BCUT2D eigenvalue weighted by Crippen LogP contribution is -2.24. The molecule has 1 amide bonds. The number of amides is 1. The van der Waals surface area contributed by atoms with Crippen LogP contribution in [-0.4, -0.2) is 25.9 Å². The number of sulfonamides is 1. The fourth-order valence-electron chi connectivity index (χ4n) is 3.50. The molecule has 0 unspecified atom stereocenters. The standard InChI is InChI=1S/C26H25N3O3S.ClH/c1-2-3-17-27-33(31,32)21-15-13-20(14-16-21)28-26(30)23-18-25(19-9-5-4-6-10-19)29-24-12-8-7-11-22(23)24;/h4-16,18,27H,2-3,17H2,1H3,(H,28,30);1H. The number of aromatic nitrogens is 1. The van der Waals surface area contributed by atoms with E-state index in [2.05, 4.69) is 10.0 Å². The molecule has 0 spiro atoms. The number of benzene rings is 3. The molecule has 1 heterocycles. The van der Waals surface area contributed by atoms with Gasteiger partial charge in [0, 0.05) is 23.2 Å². The lowest BCUT2D eigenvalue weighted by Gasteiger charge is -2.11. The molecule has 34 heavy (non-hydrogen) atoms. The number of hydrogen-bond acceptors (Lipinski definition) is 4. The van der Waals surface area contributed by atoms with E-state index < -0.39 is 10.0 Å². The van der Waals surface area contributed by atoms with Crippen LogP contribution in [0.5, 0.6) is 0 Å². The number of pyridine rings is 1. The van der Waals surface area contributed by atoms with E-state index in [0.29, 0.717) is 23.5 Å². The summed E-state index contributed by atoms with van der Waals surface area (Å²) in [6, 6.07) is 25.1. The number of carbonyl (C=O) groups excluding carboxylic acids is 1. The summed E-state index contributed by atoms with van der Waals surface area (Å²) in [7, 11) is -3.57. The number of nitrogens with one attached hydrogen (secondary N) is 2. The molecule has 3 aromatic carbocycles. The molecule has 0 saturated heterocycles. The molecule has 0 aliphatic carbocycles. The summed E-state index contributed by atoms with van der Waals surface area (Å²) in [5.74, 6) is -0.289. The third-order valence-corrected chi connectivity index (χ3v) is 6.75. The average molecular weight is 496 g/mol. The Morgan fingerprint density at radius 1 is 0.912 bits per heavy atom. The Morgan fingerprint density at radius 3 is 2.29 bits per heavy atom. The van der Waals surface area contributed by atoms with Crippen LogP contribution < -0.4 is 10.0 Å². The van der Waals surface area contributed by atoms with Crippen molar-refractivity contribution >= 4 is 44.9 Å². The molecule has 0 radical (unpaired) electrons. The second kappa shape index (κ2) is 11.2. The van der Waals surface area contributed by atoms with E-state index in [-0.39, 0.29) is 23.2 Å². The number of hydrogen-bond donors (Lipinski definition) is 2. The summed E-state index contributed by atoms with van der Waals surface area (Å²) in [5.41, 5.74) is 3.36. The van der Waals surface area contributed by atoms with Gasteiger partial charge in [-0.25, -0.2) is 18.1 Å². The molecule has 1 aromatic heterocycles. The van der Waals surface area contributed by atoms with Gasteiger partial charge >= 0.3 is 0 Å². The number of carbonyl (C=O) groups is 1. The Morgan fingerprint density at radius 2 is 1.59 bits per heavy atom. The predicted molar refractivity (Wildman–Crippen MR) is 139 cm³/mol. The van der Waals surface area contributed by atoms with E-state index in [1.807, 2.05) is 61.5 Å². The molecule has 4 aromatic rings. The SMILES string of the molecule is CCCCNS(=O)(=O)c1ccc(NC(=O)c2cc(-c3ccccc3)nc3ccccc23)cc1.Cl. The molecule has 8 heteroatoms. The van der Waals surface area contributed by atoms with Crippen molar-refractivity contribution in [1.29, 1.82) is 0 Å². The monoisotopic (exact) mass is 495 g/mol. The number of nitrogens with zero attached hydrogens (tertiary/aromatic N) is 1. The van der Waals surface area contributed by atoms with Crippen LogP contribution in [0.2, 0.25) is 0 Å². The van der Waals surface area contributed by atoms with Crippen LogP contribution in [0.3, 0.4) is 0 Å². The number of fused-ring (bicyclic) bond motifs is 1. The van der Waals surface area contributed by atoms with Gasteiger partial charge in [-0.2, -0.15) is 0 Å². The van der Waals surface area contributed by atoms with E-state index >= 15 is 0 Å². The predicted octanol–water partition coefficient (Wildman–Crippen LogP) is 5.65. The third-order valence-electron chi connectivity index (χ3n) is 5.28. The number of para-hydroxylation sites is 1. The van der Waals surface area contributed by atoms with E-state index in [1.165, 1.54) is 12.1 Å². The molecule has 0 fully saturated rings. The summed E-state index contributed by atoms with van der Waals surface area (Å²) < 4.78 is 27.3. The Kier molecular flexibility index (Phi) is 8.39. The molecular formula is C26H26ClN3O3S. The zero-order valence-electron chi connectivity index (χ0n) is 18.7. The maximum Gasteiger partial charge on any atom is 0.256 e. The van der Waals surface area contributed by atoms with Gasteiger partial charge in [0.2, 0.25) is 10.0 Å². The Bertz CT molecular complexity index is 1380. The highest BCUT2D eigenvalue weighted by molar-refractivity contribution is 7.89. The molecule has 4 rings (SSSR count). The summed E-state index contributed by atoms with van der Waals surface area (Å²) in [4.78, 5) is 18.1. The molecule has 0 aliphatic rings. The summed E-state index contributed by atoms with van der Waals surface area (Å²) in [6.07, 6.45) is 1.68. The Balaban J connectivity index is 0.00000324. The van der Waals surface area contributed by atoms with Gasteiger partial charge in [-0.1, -0.05) is 61.9 Å². The van der Waals surface area contributed by atoms with Gasteiger partial charge < -0.3 is 5.32 Å². The highest BCUT2D eigenvalue weighted by Gasteiger charge is 2.16. The maximum absolute atomic E-state index is 13.2. The van der Waals surface area contributed by atoms with Crippen LogP contribution >= 0.6 is 12.4 Å². The number of unbranched alkanes of at least 4 members (excludes halogenated alkanes) is 1. The highest BCUT2D eigenvalue weighted by atomic mass is 35.5. The molecule has 0 atom stereocenters. The first kappa shape index (κ1) is 25.4. The maximum atomic E-state index is 13.2. The second-order valence-corrected chi connectivity index (χ2v) is 9.44. The van der Waals surface area contributed by atoms with Crippen molar-refractivity contribution in [1.82, 2.24) is 9.71 Å². The molecule has 0 saturated carbocycles. The molecular weight excluding hydrogens is 470 g/mol. The Labute approximate surface area is 205 Å². The minimum atomic E-state index is -3.57. The van der Waals surface area contributed by atoms with Crippen LogP contribution in [0.25, 0.3) is 22.2 Å². The summed E-state index contributed by atoms with van der Waals surface area (Å²) >= 11 is 0. The molecule has 0 aliphatic heterocycles. The van der Waals surface area contributed by atoms with Crippen LogP contribution in [0.4, 0.5) is 5.69 Å². The van der Waals surface area contributed by atoms with Crippen LogP contribution in [0.15, 0.2) is 89.8 Å². The van der Waals surface area contributed by atoms with Gasteiger partial charge in [-0.15, -0.1) is 12.4 Å². The molecule has 6 nitrogen and oxygen atoms in total. The van der Waals surface area contributed by atoms with Crippen molar-refractivity contribution in [3.05, 3.63) is 90.5 Å². The van der Waals surface area contributed by atoms with E-state index in [9.17, 15) is 13.2 Å². The van der Waals surface area contributed by atoms with Crippen LogP contribution in [-0.2, 0) is 10.0 Å². The minimum absolute atomic E-state index is 0. The van der Waals surface area contributed by atoms with Gasteiger partial charge in [0.1, 0.15) is 0 Å². The zero-order chi connectivity index (χ0) is 23.3. The first-order chi connectivity index (χ1) is 16.0. The zero-order valence-corrected chi connectivity index (χ0v) is 20.3. The van der Waals surface area contributed by atoms with Crippen molar-refractivity contribution in [3.8, 4) is 11.3 Å². The van der Waals surface area contributed by atoms with Crippen molar-refractivity contribution in [2.24, 2.45) is 0 Å². The molecule has 0 bridgehead atoms. The van der Waals surface area contributed by atoms with Gasteiger partial charge in [0.25, 0.3) is 5.91 Å². The van der Waals surface area contributed by atoms with Gasteiger partial charge in [0.15, 0.2) is 0 Å². The lowest BCUT2D eigenvalue weighted by atomic mass is 10.0. The fraction of sp³-hybridized carbons (Fsp3) is 0.154. The second-order valence-electron chi connectivity index (χ2n) is 7.67. The number of rotatable bonds is 8. The minimum Gasteiger partial charge on any atom is -0.322 e. The number of anilines is 1. The average Bonchev–Trinajstić information content (AvgIpc) is 2.84. The van der Waals surface area contributed by atoms with Crippen molar-refractivity contribution in [3.63, 3.8) is 0 Å². The van der Waals surface area contributed by atoms with Gasteiger partial charge in [0.05, 0.1) is 21.7 Å². The fourth-order valence-corrected chi connectivity index (χ4v) is 4.58. The largest absolute Gasteiger partial charge is 0.322 e. The summed E-state index contributed by atoms with van der Waals surface area (Å²) in [5, 5.41) is 3.62. The Hall–Kier alpha value is -3.26. The van der Waals surface area contributed by atoms with Crippen LogP contribution in [0.1, 0.15) is 30.1 Å².